The Hall–Kier alpha value is -0.0252. The van der Waals surface area contributed by atoms with Gasteiger partial charge in [-0.25, -0.2) is 16.8 Å². The van der Waals surface area contributed by atoms with E-state index in [0.29, 0.717) is 6.08 Å². The molecule has 0 radical (unpaired) electrons. The van der Waals surface area contributed by atoms with Crippen LogP contribution >= 0.6 is 0 Å². The van der Waals surface area contributed by atoms with E-state index in [9.17, 15) is 25.9 Å². The van der Waals surface area contributed by atoms with E-state index >= 15 is 0 Å². The van der Waals surface area contributed by atoms with Crippen molar-refractivity contribution in [1.29, 1.82) is 0 Å². The predicted molar refractivity (Wildman–Crippen MR) is 53.8 cm³/mol. The first kappa shape index (κ1) is 20.3. The maximum Gasteiger partial charge on any atom is 1.00 e. The van der Waals surface area contributed by atoms with Crippen molar-refractivity contribution in [3.8, 4) is 0 Å². The molecule has 0 aromatic heterocycles. The summed E-state index contributed by atoms with van der Waals surface area (Å²) >= 11 is 0. The van der Waals surface area contributed by atoms with Crippen molar-refractivity contribution >= 4 is 26.3 Å². The second kappa shape index (κ2) is 7.54. The molecule has 0 aliphatic carbocycles. The van der Waals surface area contributed by atoms with E-state index in [1.807, 2.05) is 0 Å². The van der Waals surface area contributed by atoms with Crippen molar-refractivity contribution in [2.24, 2.45) is 0 Å². The Morgan fingerprint density at radius 3 is 1.61 bits per heavy atom. The summed E-state index contributed by atoms with van der Waals surface area (Å²) in [6.45, 7) is 0. The van der Waals surface area contributed by atoms with Crippen LogP contribution in [0.2, 0.25) is 0 Å². The van der Waals surface area contributed by atoms with Crippen LogP contribution < -0.4 is 37.7 Å². The fourth-order valence-electron chi connectivity index (χ4n) is 0.955. The minimum absolute atomic E-state index is 0. The predicted octanol–water partition coefficient (Wildman–Crippen LogP) is -5.92. The summed E-state index contributed by atoms with van der Waals surface area (Å²) in [5, 5.41) is 0. The zero-order chi connectivity index (χ0) is 12.4. The maximum atomic E-state index is 10.6. The zero-order valence-electron chi connectivity index (χ0n) is 9.73. The van der Waals surface area contributed by atoms with Gasteiger partial charge in [0.1, 0.15) is 24.5 Å². The first-order valence-electron chi connectivity index (χ1n) is 3.90. The van der Waals surface area contributed by atoms with E-state index in [2.05, 4.69) is 0 Å². The van der Waals surface area contributed by atoms with E-state index < -0.39 is 24.5 Å². The van der Waals surface area contributed by atoms with Gasteiger partial charge in [0.2, 0.25) is 0 Å². The summed E-state index contributed by atoms with van der Waals surface area (Å²) in [5.41, 5.74) is 0.136. The Kier molecular flexibility index (Phi) is 8.50. The summed E-state index contributed by atoms with van der Waals surface area (Å²) in [4.78, 5) is 0. The molecular weight excluding hydrogens is 270 g/mol. The van der Waals surface area contributed by atoms with Crippen molar-refractivity contribution in [1.82, 2.24) is 0 Å². The van der Waals surface area contributed by atoms with Gasteiger partial charge in [-0.15, -0.1) is 0 Å². The second-order valence-corrected chi connectivity index (χ2v) is 5.74. The molecule has 0 N–H and O–H groups in total. The van der Waals surface area contributed by atoms with Gasteiger partial charge in [0.25, 0.3) is 0 Å². The largest absolute Gasteiger partial charge is 1.00 e. The smallest absolute Gasteiger partial charge is 0.744 e. The third-order valence-electron chi connectivity index (χ3n) is 1.58. The van der Waals surface area contributed by atoms with E-state index in [1.54, 1.807) is 6.07 Å². The van der Waals surface area contributed by atoms with Gasteiger partial charge in [-0.1, -0.05) is 30.3 Å². The minimum atomic E-state index is -5.31. The van der Waals surface area contributed by atoms with Gasteiger partial charge in [0.05, 0.1) is 0 Å². The number of hydrogen-bond donors (Lipinski definition) is 0. The monoisotopic (exact) mass is 276 g/mol. The van der Waals surface area contributed by atoms with Crippen LogP contribution in [0.15, 0.2) is 34.6 Å². The summed E-state index contributed by atoms with van der Waals surface area (Å²) in [6.07, 6.45) is 0.532. The summed E-state index contributed by atoms with van der Waals surface area (Å²) in [6, 6.07) is 7.32. The Morgan fingerprint density at radius 1 is 0.889 bits per heavy atom. The van der Waals surface area contributed by atoms with Crippen LogP contribution in [0.1, 0.15) is 5.56 Å². The molecule has 0 aliphatic heterocycles. The second-order valence-electron chi connectivity index (χ2n) is 2.78. The molecule has 0 aliphatic rings. The molecule has 0 bridgehead atoms. The average Bonchev–Trinajstić information content (AvgIpc) is 2.12. The van der Waals surface area contributed by atoms with Crippen LogP contribution in [-0.2, 0) is 20.2 Å². The number of benzene rings is 1. The Labute approximate surface area is 129 Å². The average molecular weight is 276 g/mol. The van der Waals surface area contributed by atoms with Crippen molar-refractivity contribution in [2.45, 2.75) is 0 Å². The summed E-state index contributed by atoms with van der Waals surface area (Å²) in [5.74, 6) is 0. The van der Waals surface area contributed by atoms with Gasteiger partial charge in [-0.05, 0) is 11.6 Å². The quantitative estimate of drug-likeness (QED) is 0.401. The number of rotatable bonds is 3. The molecule has 88 valence electrons. The van der Waals surface area contributed by atoms with Gasteiger partial charge < -0.3 is 9.11 Å². The topological polar surface area (TPSA) is 114 Å². The molecule has 6 nitrogen and oxygen atoms in total. The number of hydrogen-bond acceptors (Lipinski definition) is 6. The zero-order valence-corrected chi connectivity index (χ0v) is 11.4. The Bertz CT molecular complexity index is 572. The minimum Gasteiger partial charge on any atom is -0.744 e. The molecule has 0 saturated heterocycles. The normalized spacial score (nSPS) is 10.8. The van der Waals surface area contributed by atoms with Crippen LogP contribution in [0.4, 0.5) is 0 Å². The van der Waals surface area contributed by atoms with Gasteiger partial charge in [-0.3, -0.25) is 0 Å². The molecule has 0 atom stereocenters. The molecule has 1 aromatic rings. The summed E-state index contributed by atoms with van der Waals surface area (Å²) in [7, 11) is -10.6. The third-order valence-corrected chi connectivity index (χ3v) is 4.02. The van der Waals surface area contributed by atoms with Crippen LogP contribution in [0.25, 0.3) is 6.08 Å². The van der Waals surface area contributed by atoms with Gasteiger partial charge in [0.15, 0.2) is 0 Å². The molecule has 1 rings (SSSR count). The molecule has 0 heterocycles. The van der Waals surface area contributed by atoms with Crippen LogP contribution in [-0.4, -0.2) is 25.9 Å². The van der Waals surface area contributed by atoms with Crippen molar-refractivity contribution in [3.63, 3.8) is 0 Å². The molecule has 0 spiro atoms. The van der Waals surface area contributed by atoms with E-state index in [-0.39, 0.29) is 43.3 Å². The van der Waals surface area contributed by atoms with Crippen molar-refractivity contribution in [2.75, 3.05) is 0 Å². The Morgan fingerprint density at radius 2 is 1.28 bits per heavy atom. The van der Waals surface area contributed by atoms with Crippen LogP contribution in [0, 0.1) is 0 Å². The molecule has 0 saturated carbocycles. The van der Waals surface area contributed by atoms with Crippen molar-refractivity contribution in [3.05, 3.63) is 40.1 Å². The maximum absolute atomic E-state index is 10.6. The standard InChI is InChI=1S/C8H8O6S2.2Li/c9-15(10,11)8(16(12,13)14)6-7-4-2-1-3-5-7;;/h1-6H,(H,9,10,11)(H,12,13,14);;/q;2*+1/p-2. The van der Waals surface area contributed by atoms with Crippen LogP contribution in [0.3, 0.4) is 0 Å². The third kappa shape index (κ3) is 6.23. The molecule has 1 aromatic carbocycles. The molecule has 0 fully saturated rings. The van der Waals surface area contributed by atoms with E-state index in [1.165, 1.54) is 24.3 Å². The van der Waals surface area contributed by atoms with Crippen LogP contribution in [0.5, 0.6) is 0 Å². The molecule has 0 unspecified atom stereocenters. The first-order chi connectivity index (χ1) is 7.21. The van der Waals surface area contributed by atoms with Gasteiger partial charge in [-0.2, -0.15) is 0 Å². The van der Waals surface area contributed by atoms with Crippen molar-refractivity contribution < 1.29 is 63.7 Å². The Balaban J connectivity index is 0. The van der Waals surface area contributed by atoms with Gasteiger partial charge in [0, 0.05) is 0 Å². The fourth-order valence-corrected chi connectivity index (χ4v) is 2.52. The molecule has 0 amide bonds. The van der Waals surface area contributed by atoms with E-state index in [4.69, 9.17) is 0 Å². The van der Waals surface area contributed by atoms with E-state index in [0.717, 1.165) is 0 Å². The molecule has 10 heteroatoms. The first-order valence-corrected chi connectivity index (χ1v) is 6.71. The molecular formula is C8H6Li2O6S2. The SMILES string of the molecule is O=S(=O)([O-])C(=Cc1ccccc1)S(=O)(=O)[O-].[Li+].[Li+]. The van der Waals surface area contributed by atoms with Gasteiger partial charge >= 0.3 is 37.7 Å². The fraction of sp³-hybridized carbons (Fsp3) is 0. The molecule has 18 heavy (non-hydrogen) atoms. The summed E-state index contributed by atoms with van der Waals surface area (Å²) < 4.78 is 61.8.